The van der Waals surface area contributed by atoms with Crippen LogP contribution in [0.1, 0.15) is 18.4 Å². The molecule has 0 bridgehead atoms. The first-order valence-electron chi connectivity index (χ1n) is 9.77. The molecule has 0 amide bonds. The molecule has 2 aromatic rings. The van der Waals surface area contributed by atoms with Crippen LogP contribution in [0, 0.1) is 0 Å². The fourth-order valence-corrected chi connectivity index (χ4v) is 5.15. The highest BCUT2D eigenvalue weighted by molar-refractivity contribution is 7.89. The summed E-state index contributed by atoms with van der Waals surface area (Å²) in [5.74, 6) is 1.44. The SMILES string of the molecule is COc1ccc(CCN(C)[C@@H]2CCCN(S(=O)(=O)c3cccnc3)C2)cc1OC. The number of sulfonamides is 1. The summed E-state index contributed by atoms with van der Waals surface area (Å²) in [6.07, 6.45) is 5.69. The van der Waals surface area contributed by atoms with Gasteiger partial charge in [-0.1, -0.05) is 6.07 Å². The van der Waals surface area contributed by atoms with E-state index in [1.165, 1.54) is 6.20 Å². The summed E-state index contributed by atoms with van der Waals surface area (Å²) in [7, 11) is 1.82. The summed E-state index contributed by atoms with van der Waals surface area (Å²) in [6, 6.07) is 9.39. The fourth-order valence-electron chi connectivity index (χ4n) is 3.67. The van der Waals surface area contributed by atoms with Gasteiger partial charge in [0, 0.05) is 38.1 Å². The van der Waals surface area contributed by atoms with E-state index in [1.807, 2.05) is 18.2 Å². The van der Waals surface area contributed by atoms with E-state index in [0.717, 1.165) is 37.1 Å². The zero-order valence-electron chi connectivity index (χ0n) is 17.2. The van der Waals surface area contributed by atoms with Gasteiger partial charge in [-0.05, 0) is 56.1 Å². The van der Waals surface area contributed by atoms with E-state index in [4.69, 9.17) is 9.47 Å². The quantitative estimate of drug-likeness (QED) is 0.654. The molecule has 2 heterocycles. The first-order chi connectivity index (χ1) is 14.0. The Bertz CT molecular complexity index is 905. The summed E-state index contributed by atoms with van der Waals surface area (Å²) in [6.45, 7) is 1.89. The van der Waals surface area contributed by atoms with Crippen LogP contribution < -0.4 is 9.47 Å². The standard InChI is InChI=1S/C21H29N3O4S/c1-23(13-10-17-8-9-20(27-2)21(14-17)28-3)18-6-5-12-24(16-18)29(25,26)19-7-4-11-22-15-19/h4,7-9,11,14-15,18H,5-6,10,12-13,16H2,1-3H3/t18-/m1/s1. The van der Waals surface area contributed by atoms with E-state index in [-0.39, 0.29) is 10.9 Å². The van der Waals surface area contributed by atoms with Crippen molar-refractivity contribution in [3.05, 3.63) is 48.3 Å². The zero-order chi connectivity index (χ0) is 20.9. The van der Waals surface area contributed by atoms with Crippen LogP contribution in [0.4, 0.5) is 0 Å². The Morgan fingerprint density at radius 2 is 2.00 bits per heavy atom. The Morgan fingerprint density at radius 1 is 1.21 bits per heavy atom. The number of piperidine rings is 1. The van der Waals surface area contributed by atoms with Gasteiger partial charge in [0.2, 0.25) is 10.0 Å². The molecule has 1 atom stereocenters. The van der Waals surface area contributed by atoms with Crippen LogP contribution in [0.15, 0.2) is 47.6 Å². The second-order valence-electron chi connectivity index (χ2n) is 7.27. The lowest BCUT2D eigenvalue weighted by Gasteiger charge is -2.37. The molecular weight excluding hydrogens is 390 g/mol. The van der Waals surface area contributed by atoms with Crippen molar-refractivity contribution in [1.29, 1.82) is 0 Å². The van der Waals surface area contributed by atoms with Crippen LogP contribution in [-0.2, 0) is 16.4 Å². The van der Waals surface area contributed by atoms with E-state index in [0.29, 0.717) is 18.8 Å². The smallest absolute Gasteiger partial charge is 0.244 e. The summed E-state index contributed by atoms with van der Waals surface area (Å²) >= 11 is 0. The van der Waals surface area contributed by atoms with Crippen molar-refractivity contribution >= 4 is 10.0 Å². The van der Waals surface area contributed by atoms with Crippen LogP contribution in [0.5, 0.6) is 11.5 Å². The van der Waals surface area contributed by atoms with Crippen LogP contribution in [0.2, 0.25) is 0 Å². The molecule has 29 heavy (non-hydrogen) atoms. The summed E-state index contributed by atoms with van der Waals surface area (Å²) in [5, 5.41) is 0. The fraction of sp³-hybridized carbons (Fsp3) is 0.476. The number of nitrogens with zero attached hydrogens (tertiary/aromatic N) is 3. The van der Waals surface area contributed by atoms with Gasteiger partial charge in [-0.2, -0.15) is 4.31 Å². The van der Waals surface area contributed by atoms with E-state index < -0.39 is 10.0 Å². The van der Waals surface area contributed by atoms with E-state index in [9.17, 15) is 8.42 Å². The first kappa shape index (κ1) is 21.5. The van der Waals surface area contributed by atoms with Crippen LogP contribution in [0.25, 0.3) is 0 Å². The Labute approximate surface area is 173 Å². The minimum atomic E-state index is -3.50. The molecule has 1 aliphatic heterocycles. The zero-order valence-corrected chi connectivity index (χ0v) is 18.1. The molecule has 0 N–H and O–H groups in total. The average Bonchev–Trinajstić information content (AvgIpc) is 2.77. The van der Waals surface area contributed by atoms with Crippen molar-refractivity contribution in [2.75, 3.05) is 40.9 Å². The summed E-state index contributed by atoms with van der Waals surface area (Å²) in [4.78, 5) is 6.46. The van der Waals surface area contributed by atoms with Gasteiger partial charge < -0.3 is 14.4 Å². The Balaban J connectivity index is 1.62. The lowest BCUT2D eigenvalue weighted by molar-refractivity contribution is 0.164. The molecule has 0 spiro atoms. The minimum absolute atomic E-state index is 0.190. The predicted octanol–water partition coefficient (Wildman–Crippen LogP) is 2.43. The highest BCUT2D eigenvalue weighted by Gasteiger charge is 2.31. The molecule has 158 valence electrons. The number of hydrogen-bond acceptors (Lipinski definition) is 6. The van der Waals surface area contributed by atoms with Crippen molar-refractivity contribution in [1.82, 2.24) is 14.2 Å². The van der Waals surface area contributed by atoms with Gasteiger partial charge in [-0.15, -0.1) is 0 Å². The molecule has 1 aromatic carbocycles. The van der Waals surface area contributed by atoms with Gasteiger partial charge in [0.1, 0.15) is 4.90 Å². The van der Waals surface area contributed by atoms with Crippen molar-refractivity contribution in [3.63, 3.8) is 0 Å². The predicted molar refractivity (Wildman–Crippen MR) is 112 cm³/mol. The van der Waals surface area contributed by atoms with E-state index in [2.05, 4.69) is 16.9 Å². The Kier molecular flexibility index (Phi) is 7.10. The van der Waals surface area contributed by atoms with Gasteiger partial charge in [-0.25, -0.2) is 8.42 Å². The highest BCUT2D eigenvalue weighted by atomic mass is 32.2. The molecule has 1 aliphatic rings. The molecule has 3 rings (SSSR count). The van der Waals surface area contributed by atoms with Crippen molar-refractivity contribution in [2.24, 2.45) is 0 Å². The maximum absolute atomic E-state index is 12.9. The van der Waals surface area contributed by atoms with Gasteiger partial charge in [0.15, 0.2) is 11.5 Å². The number of likely N-dealkylation sites (N-methyl/N-ethyl adjacent to an activating group) is 1. The van der Waals surface area contributed by atoms with Crippen LogP contribution in [-0.4, -0.2) is 69.6 Å². The normalized spacial score (nSPS) is 18.0. The summed E-state index contributed by atoms with van der Waals surface area (Å²) < 4.78 is 38.1. The maximum atomic E-state index is 12.9. The molecule has 7 nitrogen and oxygen atoms in total. The minimum Gasteiger partial charge on any atom is -0.493 e. The Hall–Kier alpha value is -2.16. The number of pyridine rings is 1. The third kappa shape index (κ3) is 5.07. The van der Waals surface area contributed by atoms with E-state index in [1.54, 1.807) is 36.9 Å². The molecule has 1 saturated heterocycles. The molecule has 8 heteroatoms. The molecule has 0 radical (unpaired) electrons. The number of benzene rings is 1. The number of ether oxygens (including phenoxy) is 2. The number of aromatic nitrogens is 1. The van der Waals surface area contributed by atoms with Crippen molar-refractivity contribution in [2.45, 2.75) is 30.2 Å². The molecule has 0 saturated carbocycles. The van der Waals surface area contributed by atoms with Crippen LogP contribution >= 0.6 is 0 Å². The second kappa shape index (κ2) is 9.56. The third-order valence-electron chi connectivity index (χ3n) is 5.46. The topological polar surface area (TPSA) is 72.0 Å². The highest BCUT2D eigenvalue weighted by Crippen LogP contribution is 2.28. The lowest BCUT2D eigenvalue weighted by atomic mass is 10.1. The summed E-state index contributed by atoms with van der Waals surface area (Å²) in [5.41, 5.74) is 1.16. The number of methoxy groups -OCH3 is 2. The number of hydrogen-bond donors (Lipinski definition) is 0. The Morgan fingerprint density at radius 3 is 2.69 bits per heavy atom. The molecule has 0 aliphatic carbocycles. The van der Waals surface area contributed by atoms with Gasteiger partial charge in [0.25, 0.3) is 0 Å². The van der Waals surface area contributed by atoms with Gasteiger partial charge >= 0.3 is 0 Å². The second-order valence-corrected chi connectivity index (χ2v) is 9.21. The molecule has 1 aromatic heterocycles. The van der Waals surface area contributed by atoms with Crippen molar-refractivity contribution in [3.8, 4) is 11.5 Å². The monoisotopic (exact) mass is 419 g/mol. The van der Waals surface area contributed by atoms with Gasteiger partial charge in [0.05, 0.1) is 14.2 Å². The number of rotatable bonds is 8. The van der Waals surface area contributed by atoms with Gasteiger partial charge in [-0.3, -0.25) is 4.98 Å². The molecule has 0 unspecified atom stereocenters. The van der Waals surface area contributed by atoms with E-state index >= 15 is 0 Å². The maximum Gasteiger partial charge on any atom is 0.244 e. The molecular formula is C21H29N3O4S. The first-order valence-corrected chi connectivity index (χ1v) is 11.2. The molecule has 1 fully saturated rings. The largest absolute Gasteiger partial charge is 0.493 e. The average molecular weight is 420 g/mol. The third-order valence-corrected chi connectivity index (χ3v) is 7.30. The van der Waals surface area contributed by atoms with Crippen molar-refractivity contribution < 1.29 is 17.9 Å². The van der Waals surface area contributed by atoms with Crippen LogP contribution in [0.3, 0.4) is 0 Å². The lowest BCUT2D eigenvalue weighted by Crippen LogP contribution is -2.48.